The zero-order valence-corrected chi connectivity index (χ0v) is 17.1. The van der Waals surface area contributed by atoms with Crippen molar-refractivity contribution in [2.24, 2.45) is 0 Å². The van der Waals surface area contributed by atoms with E-state index in [1.165, 1.54) is 5.56 Å². The quantitative estimate of drug-likeness (QED) is 0.315. The van der Waals surface area contributed by atoms with Gasteiger partial charge in [0.25, 0.3) is 0 Å². The van der Waals surface area contributed by atoms with E-state index >= 15 is 0 Å². The van der Waals surface area contributed by atoms with Gasteiger partial charge >= 0.3 is 0 Å². The highest BCUT2D eigenvalue weighted by molar-refractivity contribution is 9.12. The van der Waals surface area contributed by atoms with Gasteiger partial charge < -0.3 is 9.88 Å². The zero-order chi connectivity index (χ0) is 17.9. The van der Waals surface area contributed by atoms with Crippen LogP contribution in [-0.2, 0) is 19.6 Å². The van der Waals surface area contributed by atoms with Gasteiger partial charge in [-0.3, -0.25) is 0 Å². The Morgan fingerprint density at radius 3 is 2.76 bits per heavy atom. The van der Waals surface area contributed by atoms with Gasteiger partial charge in [0.2, 0.25) is 0 Å². The van der Waals surface area contributed by atoms with Crippen molar-refractivity contribution in [3.63, 3.8) is 0 Å². The van der Waals surface area contributed by atoms with Crippen molar-refractivity contribution in [1.29, 1.82) is 0 Å². The molecule has 2 rings (SSSR count). The standard InChI is InChI=1S/C20H26BrN3S/c1-2-8-18(21)13-19-15-23-20(24(19)11-6-7-12-25)16-22-14-17-9-4-3-5-10-17/h2-5,8-10,13,15,22,25H,6-7,11-12,14,16H2,1H3/b8-2-,18-13+. The average molecular weight is 420 g/mol. The molecule has 2 aromatic rings. The van der Waals surface area contributed by atoms with E-state index in [-0.39, 0.29) is 0 Å². The van der Waals surface area contributed by atoms with E-state index in [4.69, 9.17) is 0 Å². The maximum atomic E-state index is 4.63. The summed E-state index contributed by atoms with van der Waals surface area (Å²) in [6, 6.07) is 10.4. The molecular weight excluding hydrogens is 394 g/mol. The minimum atomic E-state index is 0.755. The number of hydrogen-bond donors (Lipinski definition) is 2. The molecular formula is C20H26BrN3S. The smallest absolute Gasteiger partial charge is 0.123 e. The molecule has 0 spiro atoms. The fraction of sp³-hybridized carbons (Fsp3) is 0.350. The number of nitrogens with zero attached hydrogens (tertiary/aromatic N) is 2. The third kappa shape index (κ3) is 6.84. The Bertz CT molecular complexity index is 692. The molecule has 0 unspecified atom stereocenters. The maximum absolute atomic E-state index is 4.63. The summed E-state index contributed by atoms with van der Waals surface area (Å²) in [5.41, 5.74) is 2.41. The lowest BCUT2D eigenvalue weighted by Crippen LogP contribution is -2.17. The summed E-state index contributed by atoms with van der Waals surface area (Å²) < 4.78 is 3.35. The van der Waals surface area contributed by atoms with Crippen molar-refractivity contribution in [2.45, 2.75) is 39.4 Å². The highest BCUT2D eigenvalue weighted by Crippen LogP contribution is 2.16. The second kappa shape index (κ2) is 11.3. The summed E-state index contributed by atoms with van der Waals surface area (Å²) >= 11 is 7.91. The second-order valence-electron chi connectivity index (χ2n) is 5.80. The molecule has 0 fully saturated rings. The lowest BCUT2D eigenvalue weighted by atomic mass is 10.2. The van der Waals surface area contributed by atoms with Gasteiger partial charge in [-0.15, -0.1) is 0 Å². The van der Waals surface area contributed by atoms with Gasteiger partial charge in [0.05, 0.1) is 18.4 Å². The summed E-state index contributed by atoms with van der Waals surface area (Å²) in [4.78, 5) is 4.63. The SMILES string of the molecule is C/C=C\C(Br)=C/c1cnc(CNCc2ccccc2)n1CCCCS. The number of imidazole rings is 1. The Kier molecular flexibility index (Phi) is 9.08. The van der Waals surface area contributed by atoms with Gasteiger partial charge in [0, 0.05) is 17.6 Å². The number of unbranched alkanes of at least 4 members (excludes halogenated alkanes) is 1. The molecule has 0 aliphatic heterocycles. The predicted octanol–water partition coefficient (Wildman–Crippen LogP) is 5.19. The highest BCUT2D eigenvalue weighted by atomic mass is 79.9. The van der Waals surface area contributed by atoms with E-state index in [2.05, 4.69) is 73.8 Å². The Labute approximate surface area is 164 Å². The number of thiol groups is 1. The Morgan fingerprint density at radius 2 is 2.04 bits per heavy atom. The number of allylic oxidation sites excluding steroid dienone is 3. The van der Waals surface area contributed by atoms with E-state index in [0.717, 1.165) is 54.2 Å². The van der Waals surface area contributed by atoms with Crippen LogP contribution in [-0.4, -0.2) is 15.3 Å². The van der Waals surface area contributed by atoms with Crippen LogP contribution < -0.4 is 5.32 Å². The number of rotatable bonds is 10. The fourth-order valence-electron chi connectivity index (χ4n) is 2.59. The van der Waals surface area contributed by atoms with Crippen LogP contribution >= 0.6 is 28.6 Å². The summed E-state index contributed by atoms with van der Waals surface area (Å²) in [5.74, 6) is 1.99. The molecule has 0 amide bonds. The highest BCUT2D eigenvalue weighted by Gasteiger charge is 2.08. The number of nitrogens with one attached hydrogen (secondary N) is 1. The van der Waals surface area contributed by atoms with E-state index < -0.39 is 0 Å². The van der Waals surface area contributed by atoms with Gasteiger partial charge in [0.1, 0.15) is 5.82 Å². The van der Waals surface area contributed by atoms with Crippen LogP contribution in [0, 0.1) is 0 Å². The van der Waals surface area contributed by atoms with Gasteiger partial charge in [-0.05, 0) is 37.2 Å². The van der Waals surface area contributed by atoms with Crippen LogP contribution in [0.3, 0.4) is 0 Å². The van der Waals surface area contributed by atoms with Crippen LogP contribution in [0.4, 0.5) is 0 Å². The first-order valence-electron chi connectivity index (χ1n) is 8.64. The first kappa shape index (κ1) is 20.0. The molecule has 3 nitrogen and oxygen atoms in total. The first-order chi connectivity index (χ1) is 12.2. The minimum Gasteiger partial charge on any atom is -0.327 e. The topological polar surface area (TPSA) is 29.9 Å². The van der Waals surface area contributed by atoms with Gasteiger partial charge in [-0.1, -0.05) is 58.4 Å². The molecule has 0 saturated carbocycles. The molecule has 0 atom stereocenters. The molecule has 1 aromatic carbocycles. The van der Waals surface area contributed by atoms with E-state index in [1.807, 2.05) is 31.3 Å². The number of hydrogen-bond acceptors (Lipinski definition) is 3. The van der Waals surface area contributed by atoms with Gasteiger partial charge in [-0.2, -0.15) is 12.6 Å². The second-order valence-corrected chi connectivity index (χ2v) is 7.16. The largest absolute Gasteiger partial charge is 0.327 e. The third-order valence-electron chi connectivity index (χ3n) is 3.83. The van der Waals surface area contributed by atoms with Crippen molar-refractivity contribution in [1.82, 2.24) is 14.9 Å². The van der Waals surface area contributed by atoms with Crippen molar-refractivity contribution in [3.8, 4) is 0 Å². The normalized spacial score (nSPS) is 12.2. The van der Waals surface area contributed by atoms with Crippen LogP contribution in [0.2, 0.25) is 0 Å². The summed E-state index contributed by atoms with van der Waals surface area (Å²) in [6.07, 6.45) is 10.3. The van der Waals surface area contributed by atoms with E-state index in [1.54, 1.807) is 0 Å². The van der Waals surface area contributed by atoms with Crippen LogP contribution in [0.25, 0.3) is 6.08 Å². The molecule has 0 saturated heterocycles. The van der Waals surface area contributed by atoms with Crippen molar-refractivity contribution in [3.05, 3.63) is 70.2 Å². The molecule has 1 N–H and O–H groups in total. The average Bonchev–Trinajstić information content (AvgIpc) is 2.98. The first-order valence-corrected chi connectivity index (χ1v) is 10.1. The molecule has 25 heavy (non-hydrogen) atoms. The molecule has 1 aromatic heterocycles. The van der Waals surface area contributed by atoms with E-state index in [9.17, 15) is 0 Å². The van der Waals surface area contributed by atoms with Crippen LogP contribution in [0.1, 0.15) is 36.8 Å². The third-order valence-corrected chi connectivity index (χ3v) is 4.64. The fourth-order valence-corrected chi connectivity index (χ4v) is 3.31. The molecule has 0 radical (unpaired) electrons. The predicted molar refractivity (Wildman–Crippen MR) is 114 cm³/mol. The Balaban J connectivity index is 2.07. The molecule has 0 aliphatic carbocycles. The Morgan fingerprint density at radius 1 is 1.24 bits per heavy atom. The monoisotopic (exact) mass is 419 g/mol. The Hall–Kier alpha value is -1.30. The summed E-state index contributed by atoms with van der Waals surface area (Å²) in [7, 11) is 0. The molecule has 0 bridgehead atoms. The van der Waals surface area contributed by atoms with Gasteiger partial charge in [0.15, 0.2) is 0 Å². The van der Waals surface area contributed by atoms with E-state index in [0.29, 0.717) is 0 Å². The van der Waals surface area contributed by atoms with Crippen LogP contribution in [0.15, 0.2) is 53.2 Å². The number of aromatic nitrogens is 2. The minimum absolute atomic E-state index is 0.755. The zero-order valence-electron chi connectivity index (χ0n) is 14.7. The lowest BCUT2D eigenvalue weighted by molar-refractivity contribution is 0.569. The summed E-state index contributed by atoms with van der Waals surface area (Å²) in [6.45, 7) is 4.57. The number of halogens is 1. The van der Waals surface area contributed by atoms with Crippen molar-refractivity contribution >= 4 is 34.6 Å². The molecule has 1 heterocycles. The number of benzene rings is 1. The van der Waals surface area contributed by atoms with Crippen LogP contribution in [0.5, 0.6) is 0 Å². The van der Waals surface area contributed by atoms with Crippen molar-refractivity contribution in [2.75, 3.05) is 5.75 Å². The summed E-state index contributed by atoms with van der Waals surface area (Å²) in [5, 5.41) is 3.50. The lowest BCUT2D eigenvalue weighted by Gasteiger charge is -2.11. The van der Waals surface area contributed by atoms with Gasteiger partial charge in [-0.25, -0.2) is 4.98 Å². The maximum Gasteiger partial charge on any atom is 0.123 e. The molecule has 0 aliphatic rings. The van der Waals surface area contributed by atoms with Crippen molar-refractivity contribution < 1.29 is 0 Å². The molecule has 5 heteroatoms. The molecule has 134 valence electrons.